The molecule has 0 aliphatic carbocycles. The summed E-state index contributed by atoms with van der Waals surface area (Å²) in [4.78, 5) is 14.5. The van der Waals surface area contributed by atoms with Gasteiger partial charge in [-0.25, -0.2) is 14.2 Å². The summed E-state index contributed by atoms with van der Waals surface area (Å²) < 4.78 is 13.5. The maximum absolute atomic E-state index is 13.5. The second kappa shape index (κ2) is 5.14. The van der Waals surface area contributed by atoms with E-state index in [0.29, 0.717) is 11.4 Å². The van der Waals surface area contributed by atoms with Gasteiger partial charge in [0.1, 0.15) is 11.9 Å². The van der Waals surface area contributed by atoms with Crippen molar-refractivity contribution in [2.24, 2.45) is 0 Å². The fourth-order valence-corrected chi connectivity index (χ4v) is 1.52. The Hall–Kier alpha value is -2.94. The Kier molecular flexibility index (Phi) is 3.39. The zero-order chi connectivity index (χ0) is 13.8. The van der Waals surface area contributed by atoms with E-state index >= 15 is 0 Å². The van der Waals surface area contributed by atoms with Crippen molar-refractivity contribution in [3.8, 4) is 6.07 Å². The van der Waals surface area contributed by atoms with Crippen LogP contribution in [0.15, 0.2) is 36.5 Å². The molecule has 2 aromatic rings. The number of pyridine rings is 1. The molecule has 5 nitrogen and oxygen atoms in total. The molecule has 0 aliphatic rings. The van der Waals surface area contributed by atoms with Crippen LogP contribution in [0.3, 0.4) is 0 Å². The molecule has 0 saturated carbocycles. The summed E-state index contributed by atoms with van der Waals surface area (Å²) >= 11 is 0. The summed E-state index contributed by atoms with van der Waals surface area (Å²) in [6, 6.07) is 8.77. The van der Waals surface area contributed by atoms with Crippen molar-refractivity contribution in [3.63, 3.8) is 0 Å². The van der Waals surface area contributed by atoms with Crippen molar-refractivity contribution in [1.82, 2.24) is 4.98 Å². The van der Waals surface area contributed by atoms with Crippen LogP contribution in [0, 0.1) is 17.1 Å². The second-order valence-corrected chi connectivity index (χ2v) is 3.64. The van der Waals surface area contributed by atoms with Crippen LogP contribution >= 0.6 is 0 Å². The van der Waals surface area contributed by atoms with E-state index in [0.717, 1.165) is 12.1 Å². The molecule has 2 N–H and O–H groups in total. The number of carbonyl (C=O) groups is 1. The molecule has 0 bridgehead atoms. The van der Waals surface area contributed by atoms with Crippen molar-refractivity contribution in [2.75, 3.05) is 5.32 Å². The van der Waals surface area contributed by atoms with Crippen LogP contribution in [0.1, 0.15) is 16.1 Å². The Morgan fingerprint density at radius 2 is 2.21 bits per heavy atom. The molecular weight excluding hydrogens is 249 g/mol. The molecule has 6 heteroatoms. The quantitative estimate of drug-likeness (QED) is 0.882. The van der Waals surface area contributed by atoms with Crippen LogP contribution in [-0.4, -0.2) is 16.1 Å². The van der Waals surface area contributed by atoms with E-state index in [1.54, 1.807) is 12.1 Å². The summed E-state index contributed by atoms with van der Waals surface area (Å²) in [7, 11) is 0. The van der Waals surface area contributed by atoms with E-state index in [2.05, 4.69) is 10.3 Å². The maximum atomic E-state index is 13.5. The smallest absolute Gasteiger partial charge is 0.338 e. The molecule has 0 saturated heterocycles. The lowest BCUT2D eigenvalue weighted by Gasteiger charge is -2.08. The summed E-state index contributed by atoms with van der Waals surface area (Å²) in [6.45, 7) is 0. The average Bonchev–Trinajstić information content (AvgIpc) is 2.39. The van der Waals surface area contributed by atoms with Gasteiger partial charge in [-0.15, -0.1) is 0 Å². The molecule has 0 aliphatic heterocycles. The molecule has 2 rings (SSSR count). The lowest BCUT2D eigenvalue weighted by molar-refractivity contribution is 0.0692. The van der Waals surface area contributed by atoms with Crippen LogP contribution < -0.4 is 5.32 Å². The van der Waals surface area contributed by atoms with Gasteiger partial charge in [-0.05, 0) is 30.3 Å². The van der Waals surface area contributed by atoms with Gasteiger partial charge in [-0.2, -0.15) is 5.26 Å². The fraction of sp³-hybridized carbons (Fsp3) is 0. The van der Waals surface area contributed by atoms with Gasteiger partial charge in [0.25, 0.3) is 0 Å². The van der Waals surface area contributed by atoms with Gasteiger partial charge in [0, 0.05) is 11.9 Å². The third kappa shape index (κ3) is 2.66. The number of hydrogen-bond donors (Lipinski definition) is 2. The number of halogens is 1. The predicted molar refractivity (Wildman–Crippen MR) is 65.6 cm³/mol. The lowest BCUT2D eigenvalue weighted by atomic mass is 10.2. The molecule has 0 radical (unpaired) electrons. The van der Waals surface area contributed by atoms with Gasteiger partial charge in [-0.3, -0.25) is 0 Å². The van der Waals surface area contributed by atoms with E-state index in [4.69, 9.17) is 10.4 Å². The summed E-state index contributed by atoms with van der Waals surface area (Å²) in [5.74, 6) is -2.18. The van der Waals surface area contributed by atoms with E-state index < -0.39 is 17.3 Å². The Labute approximate surface area is 108 Å². The van der Waals surface area contributed by atoms with E-state index in [-0.39, 0.29) is 5.69 Å². The molecule has 0 atom stereocenters. The number of carboxylic acids is 1. The number of nitriles is 1. The Morgan fingerprint density at radius 1 is 1.42 bits per heavy atom. The van der Waals surface area contributed by atoms with Gasteiger partial charge < -0.3 is 10.4 Å². The zero-order valence-corrected chi connectivity index (χ0v) is 9.59. The molecular formula is C13H8FN3O2. The number of hydrogen-bond acceptors (Lipinski definition) is 4. The van der Waals surface area contributed by atoms with Gasteiger partial charge >= 0.3 is 5.97 Å². The summed E-state index contributed by atoms with van der Waals surface area (Å²) in [6.07, 6.45) is 1.47. The predicted octanol–water partition coefficient (Wildman–Crippen LogP) is 2.53. The standard InChI is InChI=1S/C13H8FN3O2/c14-10-6-8(3-4-9(10)13(18)19)17-11-2-1-5-16-12(11)7-15/h1-6,17H,(H,18,19). The number of nitrogens with one attached hydrogen (secondary N) is 1. The monoisotopic (exact) mass is 257 g/mol. The molecule has 94 valence electrons. The van der Waals surface area contributed by atoms with Crippen LogP contribution in [0.4, 0.5) is 15.8 Å². The lowest BCUT2D eigenvalue weighted by Crippen LogP contribution is -2.02. The number of rotatable bonds is 3. The normalized spacial score (nSPS) is 9.68. The second-order valence-electron chi connectivity index (χ2n) is 3.64. The minimum atomic E-state index is -1.33. The molecule has 19 heavy (non-hydrogen) atoms. The van der Waals surface area contributed by atoms with Gasteiger partial charge in [0.05, 0.1) is 11.3 Å². The zero-order valence-electron chi connectivity index (χ0n) is 9.59. The van der Waals surface area contributed by atoms with E-state index in [9.17, 15) is 9.18 Å². The highest BCUT2D eigenvalue weighted by molar-refractivity contribution is 5.88. The topological polar surface area (TPSA) is 86.0 Å². The molecule has 0 amide bonds. The van der Waals surface area contributed by atoms with Crippen LogP contribution in [0.5, 0.6) is 0 Å². The number of benzene rings is 1. The van der Waals surface area contributed by atoms with Gasteiger partial charge in [0.15, 0.2) is 5.69 Å². The first-order chi connectivity index (χ1) is 9.11. The van der Waals surface area contributed by atoms with E-state index in [1.165, 1.54) is 12.3 Å². The third-order valence-corrected chi connectivity index (χ3v) is 2.39. The molecule has 0 fully saturated rings. The summed E-state index contributed by atoms with van der Waals surface area (Å²) in [5, 5.41) is 20.4. The molecule has 0 unspecified atom stereocenters. The molecule has 1 aromatic heterocycles. The Bertz CT molecular complexity index is 680. The van der Waals surface area contributed by atoms with Crippen LogP contribution in [-0.2, 0) is 0 Å². The minimum absolute atomic E-state index is 0.171. The fourth-order valence-electron chi connectivity index (χ4n) is 1.52. The largest absolute Gasteiger partial charge is 0.478 e. The molecule has 0 spiro atoms. The van der Waals surface area contributed by atoms with Crippen molar-refractivity contribution < 1.29 is 14.3 Å². The average molecular weight is 257 g/mol. The number of aromatic carboxylic acids is 1. The van der Waals surface area contributed by atoms with Crippen molar-refractivity contribution in [2.45, 2.75) is 0 Å². The third-order valence-electron chi connectivity index (χ3n) is 2.39. The highest BCUT2D eigenvalue weighted by atomic mass is 19.1. The van der Waals surface area contributed by atoms with Crippen molar-refractivity contribution >= 4 is 17.3 Å². The number of nitrogens with zero attached hydrogens (tertiary/aromatic N) is 2. The highest BCUT2D eigenvalue weighted by Gasteiger charge is 2.11. The maximum Gasteiger partial charge on any atom is 0.338 e. The Balaban J connectivity index is 2.32. The molecule has 1 aromatic carbocycles. The minimum Gasteiger partial charge on any atom is -0.478 e. The van der Waals surface area contributed by atoms with Crippen LogP contribution in [0.2, 0.25) is 0 Å². The van der Waals surface area contributed by atoms with Crippen molar-refractivity contribution in [3.05, 3.63) is 53.6 Å². The number of aromatic nitrogens is 1. The van der Waals surface area contributed by atoms with Crippen LogP contribution in [0.25, 0.3) is 0 Å². The number of carboxylic acid groups (broad SMARTS) is 1. The van der Waals surface area contributed by atoms with Gasteiger partial charge in [-0.1, -0.05) is 0 Å². The highest BCUT2D eigenvalue weighted by Crippen LogP contribution is 2.21. The number of anilines is 2. The summed E-state index contributed by atoms with van der Waals surface area (Å²) in [5.41, 5.74) is 0.530. The first kappa shape index (κ1) is 12.5. The first-order valence-corrected chi connectivity index (χ1v) is 5.27. The Morgan fingerprint density at radius 3 is 2.84 bits per heavy atom. The SMILES string of the molecule is N#Cc1ncccc1Nc1ccc(C(=O)O)c(F)c1. The molecule has 1 heterocycles. The van der Waals surface area contributed by atoms with E-state index in [1.807, 2.05) is 6.07 Å². The van der Waals surface area contributed by atoms with Gasteiger partial charge in [0.2, 0.25) is 0 Å². The van der Waals surface area contributed by atoms with Crippen molar-refractivity contribution in [1.29, 1.82) is 5.26 Å². The first-order valence-electron chi connectivity index (χ1n) is 5.27.